The molecular weight excluding hydrogens is 422 g/mol. The van der Waals surface area contributed by atoms with Crippen molar-refractivity contribution < 1.29 is 14.3 Å². The van der Waals surface area contributed by atoms with Crippen LogP contribution in [-0.4, -0.2) is 34.6 Å². The van der Waals surface area contributed by atoms with Gasteiger partial charge in [0.2, 0.25) is 11.9 Å². The van der Waals surface area contributed by atoms with E-state index in [1.807, 2.05) is 76.7 Å². The van der Waals surface area contributed by atoms with Crippen molar-refractivity contribution in [3.05, 3.63) is 82.6 Å². The fourth-order valence-corrected chi connectivity index (χ4v) is 5.21. The van der Waals surface area contributed by atoms with Crippen LogP contribution in [-0.2, 0) is 20.7 Å². The molecule has 0 unspecified atom stereocenters. The molecule has 5 rings (SSSR count). The van der Waals surface area contributed by atoms with Crippen molar-refractivity contribution in [3.8, 4) is 0 Å². The zero-order chi connectivity index (χ0) is 22.1. The summed E-state index contributed by atoms with van der Waals surface area (Å²) >= 11 is 1.53. The molecule has 0 fully saturated rings. The smallest absolute Gasteiger partial charge is 0.321 e. The van der Waals surface area contributed by atoms with Crippen LogP contribution in [0, 0.1) is 5.92 Å². The Kier molecular flexibility index (Phi) is 5.49. The number of hydrogen-bond donors (Lipinski definition) is 0. The molecule has 32 heavy (non-hydrogen) atoms. The third-order valence-corrected chi connectivity index (χ3v) is 6.73. The lowest BCUT2D eigenvalue weighted by Gasteiger charge is -2.37. The summed E-state index contributed by atoms with van der Waals surface area (Å²) in [5.74, 6) is -1.15. The standard InChI is InChI=1S/C25H23N3O3S/c1-2-31-24(30)21-22(20-13-8-16-32-20)28-19-12-7-6-11-18(19)26-25(28)27(23(21)29)15-14-17-9-4-3-5-10-17/h3-13,16,21-22H,2,14-15H2,1H3/t21-,22-/m1/s1. The van der Waals surface area contributed by atoms with Crippen LogP contribution in [0.2, 0.25) is 0 Å². The summed E-state index contributed by atoms with van der Waals surface area (Å²) in [4.78, 5) is 34.3. The molecule has 7 heteroatoms. The number of imidazole rings is 1. The van der Waals surface area contributed by atoms with E-state index in [0.29, 0.717) is 18.9 Å². The van der Waals surface area contributed by atoms with E-state index in [-0.39, 0.29) is 12.5 Å². The average Bonchev–Trinajstić information content (AvgIpc) is 3.47. The Morgan fingerprint density at radius 1 is 1.06 bits per heavy atom. The number of carbonyl (C=O) groups excluding carboxylic acids is 2. The summed E-state index contributed by atoms with van der Waals surface area (Å²) in [5.41, 5.74) is 2.81. The molecule has 0 radical (unpaired) electrons. The van der Waals surface area contributed by atoms with Crippen LogP contribution in [0.3, 0.4) is 0 Å². The second kappa shape index (κ2) is 8.59. The molecule has 1 aliphatic rings. The molecule has 162 valence electrons. The molecule has 4 aromatic rings. The maximum atomic E-state index is 13.8. The number of fused-ring (bicyclic) bond motifs is 3. The number of hydrogen-bond acceptors (Lipinski definition) is 5. The molecule has 2 atom stereocenters. The lowest BCUT2D eigenvalue weighted by Crippen LogP contribution is -2.50. The van der Waals surface area contributed by atoms with E-state index in [0.717, 1.165) is 21.5 Å². The summed E-state index contributed by atoms with van der Waals surface area (Å²) < 4.78 is 7.42. The summed E-state index contributed by atoms with van der Waals surface area (Å²) in [5, 5.41) is 1.96. The summed E-state index contributed by atoms with van der Waals surface area (Å²) in [6.07, 6.45) is 0.662. The molecule has 1 aliphatic heterocycles. The Bertz CT molecular complexity index is 1250. The Hall–Kier alpha value is -3.45. The molecule has 0 aliphatic carbocycles. The Balaban J connectivity index is 1.66. The van der Waals surface area contributed by atoms with Gasteiger partial charge in [0.05, 0.1) is 23.7 Å². The zero-order valence-corrected chi connectivity index (χ0v) is 18.5. The van der Waals surface area contributed by atoms with E-state index in [1.165, 1.54) is 11.3 Å². The van der Waals surface area contributed by atoms with Crippen LogP contribution in [0.4, 0.5) is 5.95 Å². The molecule has 3 heterocycles. The Morgan fingerprint density at radius 3 is 2.59 bits per heavy atom. The van der Waals surface area contributed by atoms with Gasteiger partial charge in [-0.1, -0.05) is 48.5 Å². The first-order chi connectivity index (χ1) is 15.7. The molecule has 6 nitrogen and oxygen atoms in total. The fraction of sp³-hybridized carbons (Fsp3) is 0.240. The van der Waals surface area contributed by atoms with Crippen LogP contribution in [0.1, 0.15) is 23.4 Å². The van der Waals surface area contributed by atoms with E-state index in [2.05, 4.69) is 0 Å². The molecule has 2 aromatic carbocycles. The van der Waals surface area contributed by atoms with Gasteiger partial charge in [-0.25, -0.2) is 4.98 Å². The quantitative estimate of drug-likeness (QED) is 0.325. The van der Waals surface area contributed by atoms with Gasteiger partial charge in [0, 0.05) is 11.4 Å². The molecule has 1 amide bonds. The van der Waals surface area contributed by atoms with Crippen LogP contribution in [0.5, 0.6) is 0 Å². The average molecular weight is 446 g/mol. The first kappa shape index (κ1) is 20.5. The minimum Gasteiger partial charge on any atom is -0.465 e. The van der Waals surface area contributed by atoms with Crippen LogP contribution >= 0.6 is 11.3 Å². The van der Waals surface area contributed by atoms with Crippen molar-refractivity contribution in [2.45, 2.75) is 19.4 Å². The molecule has 0 bridgehead atoms. The van der Waals surface area contributed by atoms with Gasteiger partial charge in [0.15, 0.2) is 5.92 Å². The van der Waals surface area contributed by atoms with Crippen LogP contribution < -0.4 is 4.90 Å². The number of nitrogens with zero attached hydrogens (tertiary/aromatic N) is 3. The van der Waals surface area contributed by atoms with Crippen LogP contribution in [0.15, 0.2) is 72.1 Å². The highest BCUT2D eigenvalue weighted by molar-refractivity contribution is 7.10. The third kappa shape index (κ3) is 3.48. The summed E-state index contributed by atoms with van der Waals surface area (Å²) in [6, 6.07) is 21.2. The number of benzene rings is 2. The highest BCUT2D eigenvalue weighted by Crippen LogP contribution is 2.42. The van der Waals surface area contributed by atoms with Crippen molar-refractivity contribution >= 4 is 40.2 Å². The maximum Gasteiger partial charge on any atom is 0.321 e. The van der Waals surface area contributed by atoms with E-state index in [9.17, 15) is 9.59 Å². The number of esters is 1. The van der Waals surface area contributed by atoms with Crippen molar-refractivity contribution in [1.29, 1.82) is 0 Å². The predicted octanol–water partition coefficient (Wildman–Crippen LogP) is 4.46. The molecule has 0 spiro atoms. The minimum atomic E-state index is -0.963. The highest BCUT2D eigenvalue weighted by atomic mass is 32.1. The van der Waals surface area contributed by atoms with Crippen molar-refractivity contribution in [2.24, 2.45) is 5.92 Å². The molecule has 0 saturated heterocycles. The maximum absolute atomic E-state index is 13.8. The monoisotopic (exact) mass is 445 g/mol. The summed E-state index contributed by atoms with van der Waals surface area (Å²) in [7, 11) is 0. The van der Waals surface area contributed by atoms with Gasteiger partial charge in [0.1, 0.15) is 0 Å². The van der Waals surface area contributed by atoms with Crippen molar-refractivity contribution in [2.75, 3.05) is 18.1 Å². The van der Waals surface area contributed by atoms with Crippen molar-refractivity contribution in [1.82, 2.24) is 9.55 Å². The van der Waals surface area contributed by atoms with Crippen molar-refractivity contribution in [3.63, 3.8) is 0 Å². The minimum absolute atomic E-state index is 0.224. The molecule has 0 N–H and O–H groups in total. The fourth-order valence-electron chi connectivity index (χ4n) is 4.36. The predicted molar refractivity (Wildman–Crippen MR) is 125 cm³/mol. The number of ether oxygens (including phenoxy) is 1. The van der Waals surface area contributed by atoms with E-state index < -0.39 is 17.9 Å². The number of anilines is 1. The molecular formula is C25H23N3O3S. The van der Waals surface area contributed by atoms with Gasteiger partial charge in [-0.15, -0.1) is 11.3 Å². The summed E-state index contributed by atoms with van der Waals surface area (Å²) in [6.45, 7) is 2.41. The van der Waals surface area contributed by atoms with Gasteiger partial charge in [-0.05, 0) is 42.5 Å². The van der Waals surface area contributed by atoms with E-state index >= 15 is 0 Å². The SMILES string of the molecule is CCOC(=O)[C@H]1C(=O)N(CCc2ccccc2)c2nc3ccccc3n2[C@@H]1c1cccs1. The third-order valence-electron chi connectivity index (χ3n) is 5.79. The second-order valence-corrected chi connectivity index (χ2v) is 8.67. The Morgan fingerprint density at radius 2 is 1.84 bits per heavy atom. The van der Waals surface area contributed by atoms with Gasteiger partial charge in [-0.2, -0.15) is 0 Å². The van der Waals surface area contributed by atoms with E-state index in [4.69, 9.17) is 9.72 Å². The second-order valence-electron chi connectivity index (χ2n) is 7.69. The zero-order valence-electron chi connectivity index (χ0n) is 17.7. The van der Waals surface area contributed by atoms with Gasteiger partial charge in [-0.3, -0.25) is 19.1 Å². The topological polar surface area (TPSA) is 64.4 Å². The molecule has 0 saturated carbocycles. The van der Waals surface area contributed by atoms with E-state index in [1.54, 1.807) is 11.8 Å². The number of carbonyl (C=O) groups is 2. The number of amides is 1. The van der Waals surface area contributed by atoms with Crippen LogP contribution in [0.25, 0.3) is 11.0 Å². The largest absolute Gasteiger partial charge is 0.465 e. The first-order valence-electron chi connectivity index (χ1n) is 10.7. The van der Waals surface area contributed by atoms with Gasteiger partial charge < -0.3 is 4.74 Å². The Labute approximate surface area is 190 Å². The molecule has 2 aromatic heterocycles. The number of thiophene rings is 1. The number of aromatic nitrogens is 2. The van der Waals surface area contributed by atoms with Gasteiger partial charge in [0.25, 0.3) is 0 Å². The lowest BCUT2D eigenvalue weighted by atomic mass is 9.93. The lowest BCUT2D eigenvalue weighted by molar-refractivity contribution is -0.153. The number of rotatable bonds is 6. The first-order valence-corrected chi connectivity index (χ1v) is 11.6. The normalized spacial score (nSPS) is 18.0. The highest BCUT2D eigenvalue weighted by Gasteiger charge is 2.48. The number of para-hydroxylation sites is 2. The van der Waals surface area contributed by atoms with Gasteiger partial charge >= 0.3 is 5.97 Å².